The first kappa shape index (κ1) is 14.2. The lowest BCUT2D eigenvalue weighted by atomic mass is 10.00. The van der Waals surface area contributed by atoms with E-state index in [1.165, 1.54) is 30.9 Å². The summed E-state index contributed by atoms with van der Waals surface area (Å²) in [5, 5.41) is 5.08. The van der Waals surface area contributed by atoms with E-state index in [9.17, 15) is 4.79 Å². The number of hydroxylamine groups is 1. The molecule has 0 spiro atoms. The topological polar surface area (TPSA) is 41.9 Å². The summed E-state index contributed by atoms with van der Waals surface area (Å²) >= 11 is 0. The Balaban J connectivity index is 2.53. The van der Waals surface area contributed by atoms with Crippen LogP contribution in [0.4, 0.5) is 0 Å². The third-order valence-corrected chi connectivity index (χ3v) is 3.03. The van der Waals surface area contributed by atoms with Gasteiger partial charge in [0.25, 0.3) is 6.08 Å². The number of carbonyl (C=O) groups excluding carboxylic acids is 1. The van der Waals surface area contributed by atoms with Crippen LogP contribution in [0.2, 0.25) is 0 Å². The molecule has 4 heteroatoms. The van der Waals surface area contributed by atoms with Crippen molar-refractivity contribution >= 4 is 6.08 Å². The molecule has 17 heavy (non-hydrogen) atoms. The van der Waals surface area contributed by atoms with Gasteiger partial charge in [0, 0.05) is 0 Å². The van der Waals surface area contributed by atoms with Gasteiger partial charge in [0.1, 0.15) is 0 Å². The molecule has 98 valence electrons. The number of nitrogens with zero attached hydrogens (tertiary/aromatic N) is 2. The number of rotatable bonds is 5. The van der Waals surface area contributed by atoms with Crippen molar-refractivity contribution in [1.82, 2.24) is 5.17 Å². The van der Waals surface area contributed by atoms with Crippen molar-refractivity contribution in [3.63, 3.8) is 0 Å². The monoisotopic (exact) mass is 240 g/mol. The minimum Gasteiger partial charge on any atom is -0.250 e. The van der Waals surface area contributed by atoms with Gasteiger partial charge in [-0.15, -0.1) is 0 Å². The van der Waals surface area contributed by atoms with Crippen molar-refractivity contribution in [2.75, 3.05) is 0 Å². The van der Waals surface area contributed by atoms with E-state index in [0.29, 0.717) is 0 Å². The predicted molar refractivity (Wildman–Crippen MR) is 66.8 cm³/mol. The molecule has 0 aliphatic heterocycles. The molecule has 0 saturated heterocycles. The molecule has 1 saturated carbocycles. The molecule has 0 N–H and O–H groups in total. The summed E-state index contributed by atoms with van der Waals surface area (Å²) in [7, 11) is 0. The SMILES string of the molecule is C[C@@H](CC1CCCC1)N(N=C=O)OC(C)(C)C. The molecule has 1 fully saturated rings. The number of hydrogen-bond donors (Lipinski definition) is 0. The van der Waals surface area contributed by atoms with E-state index >= 15 is 0 Å². The first-order valence-electron chi connectivity index (χ1n) is 6.48. The van der Waals surface area contributed by atoms with Crippen LogP contribution in [0.15, 0.2) is 5.10 Å². The van der Waals surface area contributed by atoms with E-state index in [4.69, 9.17) is 4.84 Å². The number of hydrogen-bond acceptors (Lipinski definition) is 4. The Morgan fingerprint density at radius 3 is 2.47 bits per heavy atom. The Kier molecular flexibility index (Phi) is 5.16. The maximum atomic E-state index is 10.4. The second kappa shape index (κ2) is 6.18. The fourth-order valence-corrected chi connectivity index (χ4v) is 2.35. The van der Waals surface area contributed by atoms with Gasteiger partial charge in [0.2, 0.25) is 0 Å². The van der Waals surface area contributed by atoms with Crippen molar-refractivity contribution < 1.29 is 9.63 Å². The molecular formula is C13H24N2O2. The Hall–Kier alpha value is -0.860. The number of isocyanates is 1. The van der Waals surface area contributed by atoms with Crippen molar-refractivity contribution in [3.05, 3.63) is 0 Å². The molecule has 0 amide bonds. The van der Waals surface area contributed by atoms with E-state index in [1.54, 1.807) is 6.08 Å². The lowest BCUT2D eigenvalue weighted by Crippen LogP contribution is -2.37. The fourth-order valence-electron chi connectivity index (χ4n) is 2.35. The lowest BCUT2D eigenvalue weighted by molar-refractivity contribution is -0.249. The van der Waals surface area contributed by atoms with Gasteiger partial charge in [-0.25, -0.2) is 9.63 Å². The Labute approximate surface area is 104 Å². The van der Waals surface area contributed by atoms with E-state index in [-0.39, 0.29) is 11.6 Å². The zero-order valence-electron chi connectivity index (χ0n) is 11.4. The van der Waals surface area contributed by atoms with Gasteiger partial charge in [-0.1, -0.05) is 30.8 Å². The predicted octanol–water partition coefficient (Wildman–Crippen LogP) is 3.24. The molecule has 4 nitrogen and oxygen atoms in total. The molecule has 1 aliphatic rings. The first-order valence-corrected chi connectivity index (χ1v) is 6.48. The number of hydrazone groups is 1. The van der Waals surface area contributed by atoms with Crippen molar-refractivity contribution in [1.29, 1.82) is 0 Å². The molecule has 0 aromatic carbocycles. The third kappa shape index (κ3) is 5.33. The van der Waals surface area contributed by atoms with Crippen LogP contribution in [0.3, 0.4) is 0 Å². The highest BCUT2D eigenvalue weighted by molar-refractivity contribution is 5.32. The molecule has 0 aromatic heterocycles. The van der Waals surface area contributed by atoms with Gasteiger partial charge in [0.15, 0.2) is 0 Å². The third-order valence-electron chi connectivity index (χ3n) is 3.03. The standard InChI is InChI=1S/C13H24N2O2/c1-11(9-12-7-5-6-8-12)15(14-10-16)17-13(2,3)4/h11-12H,5-9H2,1-4H3/t11-/m0/s1. The van der Waals surface area contributed by atoms with Gasteiger partial charge in [0.05, 0.1) is 11.6 Å². The molecular weight excluding hydrogens is 216 g/mol. The zero-order chi connectivity index (χ0) is 12.9. The normalized spacial score (nSPS) is 18.8. The van der Waals surface area contributed by atoms with Crippen LogP contribution in [-0.2, 0) is 9.63 Å². The van der Waals surface area contributed by atoms with Crippen LogP contribution in [0.5, 0.6) is 0 Å². The minimum absolute atomic E-state index is 0.124. The first-order chi connectivity index (χ1) is 7.92. The summed E-state index contributed by atoms with van der Waals surface area (Å²) in [6, 6.07) is 0.124. The maximum Gasteiger partial charge on any atom is 0.260 e. The van der Waals surface area contributed by atoms with E-state index < -0.39 is 0 Å². The van der Waals surface area contributed by atoms with Gasteiger partial charge < -0.3 is 0 Å². The van der Waals surface area contributed by atoms with E-state index in [1.807, 2.05) is 27.7 Å². The quantitative estimate of drug-likeness (QED) is 0.421. The van der Waals surface area contributed by atoms with Crippen LogP contribution >= 0.6 is 0 Å². The average molecular weight is 240 g/mol. The zero-order valence-corrected chi connectivity index (χ0v) is 11.4. The van der Waals surface area contributed by atoms with Gasteiger partial charge in [-0.2, -0.15) is 5.17 Å². The molecule has 0 heterocycles. The average Bonchev–Trinajstić information content (AvgIpc) is 2.67. The summed E-state index contributed by atoms with van der Waals surface area (Å²) in [6.07, 6.45) is 7.84. The van der Waals surface area contributed by atoms with Gasteiger partial charge in [-0.05, 0) is 40.0 Å². The summed E-state index contributed by atoms with van der Waals surface area (Å²) in [4.78, 5) is 16.1. The summed E-state index contributed by atoms with van der Waals surface area (Å²) in [6.45, 7) is 7.89. The van der Waals surface area contributed by atoms with Crippen LogP contribution in [0, 0.1) is 5.92 Å². The largest absolute Gasteiger partial charge is 0.260 e. The molecule has 1 aliphatic carbocycles. The second-order valence-electron chi connectivity index (χ2n) is 5.93. The summed E-state index contributed by atoms with van der Waals surface area (Å²) in [5.74, 6) is 0.748. The summed E-state index contributed by atoms with van der Waals surface area (Å²) < 4.78 is 0. The Morgan fingerprint density at radius 1 is 1.41 bits per heavy atom. The van der Waals surface area contributed by atoms with Gasteiger partial charge >= 0.3 is 0 Å². The molecule has 0 radical (unpaired) electrons. The highest BCUT2D eigenvalue weighted by Crippen LogP contribution is 2.30. The lowest BCUT2D eigenvalue weighted by Gasteiger charge is -2.31. The van der Waals surface area contributed by atoms with Crippen molar-refractivity contribution in [2.24, 2.45) is 11.0 Å². The minimum atomic E-state index is -0.343. The van der Waals surface area contributed by atoms with Gasteiger partial charge in [-0.3, -0.25) is 0 Å². The summed E-state index contributed by atoms with van der Waals surface area (Å²) in [5.41, 5.74) is -0.343. The molecule has 0 bridgehead atoms. The smallest absolute Gasteiger partial charge is 0.250 e. The highest BCUT2D eigenvalue weighted by atomic mass is 16.7. The molecule has 0 unspecified atom stereocenters. The van der Waals surface area contributed by atoms with Crippen LogP contribution in [-0.4, -0.2) is 22.9 Å². The highest BCUT2D eigenvalue weighted by Gasteiger charge is 2.25. The second-order valence-corrected chi connectivity index (χ2v) is 5.93. The van der Waals surface area contributed by atoms with Crippen molar-refractivity contribution in [2.45, 2.75) is 71.4 Å². The van der Waals surface area contributed by atoms with E-state index in [0.717, 1.165) is 12.3 Å². The van der Waals surface area contributed by atoms with Crippen LogP contribution < -0.4 is 0 Å². The molecule has 1 rings (SSSR count). The fraction of sp³-hybridized carbons (Fsp3) is 0.923. The Bertz CT molecular complexity index is 274. The molecule has 1 atom stereocenters. The maximum absolute atomic E-state index is 10.4. The van der Waals surface area contributed by atoms with Crippen LogP contribution in [0.25, 0.3) is 0 Å². The Morgan fingerprint density at radius 2 is 2.00 bits per heavy atom. The van der Waals surface area contributed by atoms with E-state index in [2.05, 4.69) is 5.10 Å². The van der Waals surface area contributed by atoms with Crippen molar-refractivity contribution in [3.8, 4) is 0 Å². The molecule has 0 aromatic rings. The van der Waals surface area contributed by atoms with Crippen LogP contribution in [0.1, 0.15) is 59.8 Å².